The minimum atomic E-state index is -0.314. The number of para-hydroxylation sites is 4. The minimum Gasteiger partial charge on any atom is -0.509 e. The second-order valence-electron chi connectivity index (χ2n) is 18.5. The molecule has 0 saturated heterocycles. The maximum atomic E-state index is 14.4. The van der Waals surface area contributed by atoms with E-state index >= 15 is 0 Å². The SMILES string of the molecule is CCc1cccc(CC)c1-c1cc(Oc2[c-]c3c(cc2)c2ccccc2n3-c2cc(C(C)(C)C)ccn2)[c-]c(N2[CH-]N(c3c(-c4ccc(F)cc4)cccc3-c3ccc(F)cc3)c3ccccc32)c1.[Pt]. The number of pyridine rings is 1. The van der Waals surface area contributed by atoms with E-state index in [4.69, 9.17) is 9.72 Å². The fourth-order valence-electron chi connectivity index (χ4n) is 9.78. The van der Waals surface area contributed by atoms with E-state index in [9.17, 15) is 8.78 Å². The molecule has 1 aliphatic heterocycles. The molecule has 2 aromatic heterocycles. The van der Waals surface area contributed by atoms with Crippen LogP contribution in [0.25, 0.3) is 61.0 Å². The third-order valence-corrected chi connectivity index (χ3v) is 13.2. The van der Waals surface area contributed by atoms with Crippen LogP contribution in [-0.4, -0.2) is 9.55 Å². The summed E-state index contributed by atoms with van der Waals surface area (Å²) in [5.41, 5.74) is 14.6. The Labute approximate surface area is 422 Å². The van der Waals surface area contributed by atoms with Gasteiger partial charge in [-0.15, -0.1) is 53.6 Å². The summed E-state index contributed by atoms with van der Waals surface area (Å²) in [4.78, 5) is 9.22. The fourth-order valence-corrected chi connectivity index (χ4v) is 9.78. The van der Waals surface area contributed by atoms with Crippen molar-refractivity contribution in [3.8, 4) is 50.7 Å². The van der Waals surface area contributed by atoms with Crippen molar-refractivity contribution >= 4 is 44.6 Å². The van der Waals surface area contributed by atoms with Crippen LogP contribution in [0.5, 0.6) is 11.5 Å². The Morgan fingerprint density at radius 3 is 1.84 bits per heavy atom. The van der Waals surface area contributed by atoms with Gasteiger partial charge in [-0.2, -0.15) is 6.07 Å². The number of ether oxygens (including phenoxy) is 1. The van der Waals surface area contributed by atoms with E-state index in [2.05, 4.69) is 153 Å². The first-order chi connectivity index (χ1) is 33.6. The van der Waals surface area contributed by atoms with Gasteiger partial charge in [-0.05, 0) is 112 Å². The standard InChI is InChI=1S/C62H49F2N4O.Pt/c1-6-40-14-12-15-41(7-2)60(40)44-34-48(37-50(35-44)69-49-30-31-54-53-16-8-9-19-55(53)68(58(54)38-49)59-36-45(32-33-65-59)62(3,4)5)66-39-67(57-21-11-10-20-56(57)66)61-51(42-22-26-46(63)27-23-42)17-13-18-52(61)43-24-28-47(64)29-25-43;/h8-36,39H,6-7H2,1-5H3;/q-3;. The molecule has 70 heavy (non-hydrogen) atoms. The largest absolute Gasteiger partial charge is 0.509 e. The number of aromatic nitrogens is 2. The molecule has 3 heterocycles. The molecule has 0 N–H and O–H groups in total. The molecule has 0 bridgehead atoms. The number of rotatable bonds is 10. The number of aryl methyl sites for hydroxylation is 2. The third kappa shape index (κ3) is 8.47. The molecule has 5 nitrogen and oxygen atoms in total. The summed E-state index contributed by atoms with van der Waals surface area (Å²) < 4.78 is 38.0. The zero-order valence-corrected chi connectivity index (χ0v) is 41.8. The van der Waals surface area contributed by atoms with E-state index in [1.807, 2.05) is 42.6 Å². The topological polar surface area (TPSA) is 33.5 Å². The van der Waals surface area contributed by atoms with Crippen molar-refractivity contribution in [2.75, 3.05) is 9.80 Å². The first-order valence-electron chi connectivity index (χ1n) is 23.5. The van der Waals surface area contributed by atoms with Crippen LogP contribution in [0.4, 0.5) is 31.5 Å². The Bertz CT molecular complexity index is 3470. The van der Waals surface area contributed by atoms with Gasteiger partial charge in [-0.3, -0.25) is 0 Å². The first-order valence-corrected chi connectivity index (χ1v) is 23.5. The Kier molecular flexibility index (Phi) is 12.5. The van der Waals surface area contributed by atoms with Crippen LogP contribution in [-0.2, 0) is 39.3 Å². The van der Waals surface area contributed by atoms with Gasteiger partial charge in [0.2, 0.25) is 0 Å². The van der Waals surface area contributed by atoms with Crippen LogP contribution in [0.2, 0.25) is 0 Å². The number of anilines is 4. The number of fused-ring (bicyclic) bond motifs is 4. The predicted octanol–water partition coefficient (Wildman–Crippen LogP) is 16.7. The number of benzene rings is 8. The van der Waals surface area contributed by atoms with Gasteiger partial charge in [0.1, 0.15) is 17.5 Å². The van der Waals surface area contributed by atoms with Gasteiger partial charge in [0.25, 0.3) is 0 Å². The Hall–Kier alpha value is -7.34. The molecule has 0 amide bonds. The maximum Gasteiger partial charge on any atom is 0.135 e. The van der Waals surface area contributed by atoms with Gasteiger partial charge in [0.15, 0.2) is 0 Å². The molecular weight excluding hydrogens is 1050 g/mol. The summed E-state index contributed by atoms with van der Waals surface area (Å²) in [6.07, 6.45) is 3.59. The number of nitrogens with zero attached hydrogens (tertiary/aromatic N) is 4. The normalized spacial score (nSPS) is 12.4. The second-order valence-corrected chi connectivity index (χ2v) is 18.5. The van der Waals surface area contributed by atoms with Gasteiger partial charge >= 0.3 is 0 Å². The zero-order chi connectivity index (χ0) is 47.4. The fraction of sp³-hybridized carbons (Fsp3) is 0.129. The molecule has 0 fully saturated rings. The Morgan fingerprint density at radius 1 is 0.586 bits per heavy atom. The number of hydrogen-bond donors (Lipinski definition) is 0. The van der Waals surface area contributed by atoms with Gasteiger partial charge in [0, 0.05) is 72.5 Å². The molecule has 10 aromatic rings. The van der Waals surface area contributed by atoms with E-state index in [1.54, 1.807) is 24.3 Å². The van der Waals surface area contributed by atoms with Crippen molar-refractivity contribution < 1.29 is 34.6 Å². The van der Waals surface area contributed by atoms with Crippen LogP contribution in [0.15, 0.2) is 176 Å². The summed E-state index contributed by atoms with van der Waals surface area (Å²) in [5.74, 6) is 1.27. The van der Waals surface area contributed by atoms with Crippen LogP contribution in [0, 0.1) is 30.4 Å². The first kappa shape index (κ1) is 46.4. The average molecular weight is 1100 g/mol. The zero-order valence-electron chi connectivity index (χ0n) is 39.5. The van der Waals surface area contributed by atoms with Crippen LogP contribution in [0.1, 0.15) is 51.3 Å². The Balaban J connectivity index is 0.00000567. The van der Waals surface area contributed by atoms with Crippen molar-refractivity contribution in [1.29, 1.82) is 0 Å². The molecule has 1 aliphatic rings. The minimum absolute atomic E-state index is 0. The molecule has 0 unspecified atom stereocenters. The summed E-state index contributed by atoms with van der Waals surface area (Å²) in [6.45, 7) is 13.1. The molecule has 0 saturated carbocycles. The average Bonchev–Trinajstić information content (AvgIpc) is 3.92. The van der Waals surface area contributed by atoms with Crippen molar-refractivity contribution in [2.45, 2.75) is 52.9 Å². The molecule has 0 atom stereocenters. The smallest absolute Gasteiger partial charge is 0.135 e. The van der Waals surface area contributed by atoms with Gasteiger partial charge in [-0.1, -0.05) is 131 Å². The summed E-state index contributed by atoms with van der Waals surface area (Å²) in [7, 11) is 0. The molecule has 350 valence electrons. The second kappa shape index (κ2) is 18.9. The van der Waals surface area contributed by atoms with Crippen molar-refractivity contribution in [3.05, 3.63) is 223 Å². The van der Waals surface area contributed by atoms with Crippen molar-refractivity contribution in [2.24, 2.45) is 0 Å². The summed E-state index contributed by atoms with van der Waals surface area (Å²) in [6, 6.07) is 62.4. The van der Waals surface area contributed by atoms with Crippen LogP contribution >= 0.6 is 0 Å². The molecule has 0 spiro atoms. The van der Waals surface area contributed by atoms with Crippen molar-refractivity contribution in [1.82, 2.24) is 9.55 Å². The summed E-state index contributed by atoms with van der Waals surface area (Å²) in [5, 5.41) is 2.15. The van der Waals surface area contributed by atoms with Gasteiger partial charge in [-0.25, -0.2) is 13.8 Å². The monoisotopic (exact) mass is 1100 g/mol. The predicted molar refractivity (Wildman–Crippen MR) is 278 cm³/mol. The number of hydrogen-bond acceptors (Lipinski definition) is 4. The van der Waals surface area contributed by atoms with Crippen LogP contribution < -0.4 is 14.5 Å². The van der Waals surface area contributed by atoms with Gasteiger partial charge in [0.05, 0.1) is 0 Å². The van der Waals surface area contributed by atoms with E-state index in [0.29, 0.717) is 11.5 Å². The van der Waals surface area contributed by atoms with E-state index in [-0.39, 0.29) is 38.1 Å². The van der Waals surface area contributed by atoms with E-state index < -0.39 is 0 Å². The van der Waals surface area contributed by atoms with E-state index in [0.717, 1.165) is 91.0 Å². The van der Waals surface area contributed by atoms with Crippen LogP contribution in [0.3, 0.4) is 0 Å². The summed E-state index contributed by atoms with van der Waals surface area (Å²) >= 11 is 0. The van der Waals surface area contributed by atoms with E-state index in [1.165, 1.54) is 46.5 Å². The molecule has 0 aliphatic carbocycles. The number of halogens is 2. The Morgan fingerprint density at radius 2 is 1.20 bits per heavy atom. The molecule has 11 rings (SSSR count). The molecular formula is C62H49F2N4OPt-3. The molecule has 8 aromatic carbocycles. The molecule has 0 radical (unpaired) electrons. The molecule has 8 heteroatoms. The maximum absolute atomic E-state index is 14.4. The quantitative estimate of drug-likeness (QED) is 0.128. The third-order valence-electron chi connectivity index (χ3n) is 13.2. The van der Waals surface area contributed by atoms with Crippen molar-refractivity contribution in [3.63, 3.8) is 0 Å². The van der Waals surface area contributed by atoms with Gasteiger partial charge < -0.3 is 19.1 Å².